The quantitative estimate of drug-likeness (QED) is 0.555. The van der Waals surface area contributed by atoms with Gasteiger partial charge in [-0.1, -0.05) is 41.0 Å². The number of amides is 1. The summed E-state index contributed by atoms with van der Waals surface area (Å²) in [5, 5.41) is 10.4. The molecule has 0 unspecified atom stereocenters. The number of hydrogen-bond acceptors (Lipinski definition) is 6. The van der Waals surface area contributed by atoms with Gasteiger partial charge in [0.05, 0.1) is 5.56 Å². The van der Waals surface area contributed by atoms with Crippen LogP contribution in [0.2, 0.25) is 0 Å². The number of anilines is 1. The first-order chi connectivity index (χ1) is 13.7. The molecule has 0 aliphatic heterocycles. The number of pyridine rings is 1. The summed E-state index contributed by atoms with van der Waals surface area (Å²) >= 11 is 0. The molecule has 28 heavy (non-hydrogen) atoms. The van der Waals surface area contributed by atoms with Gasteiger partial charge in [-0.25, -0.2) is 4.98 Å². The summed E-state index contributed by atoms with van der Waals surface area (Å²) in [4.78, 5) is 16.5. The van der Waals surface area contributed by atoms with Crippen LogP contribution in [0.25, 0.3) is 11.5 Å². The molecule has 0 aliphatic carbocycles. The second-order valence-electron chi connectivity index (χ2n) is 6.04. The lowest BCUT2D eigenvalue weighted by molar-refractivity contribution is 0.102. The molecule has 138 valence electrons. The maximum atomic E-state index is 12.4. The summed E-state index contributed by atoms with van der Waals surface area (Å²) in [6.45, 7) is 1.97. The zero-order chi connectivity index (χ0) is 19.3. The molecule has 2 aromatic heterocycles. The van der Waals surface area contributed by atoms with E-state index in [0.717, 1.165) is 11.1 Å². The molecular formula is C21H16N4O3. The Bertz CT molecular complexity index is 1090. The third kappa shape index (κ3) is 4.04. The Hall–Kier alpha value is -4.00. The number of benzene rings is 2. The largest absolute Gasteiger partial charge is 0.439 e. The number of carbonyl (C=O) groups excluding carboxylic acids is 1. The first-order valence-electron chi connectivity index (χ1n) is 8.58. The van der Waals surface area contributed by atoms with Gasteiger partial charge in [0.1, 0.15) is 5.75 Å². The van der Waals surface area contributed by atoms with Gasteiger partial charge in [0, 0.05) is 17.8 Å². The van der Waals surface area contributed by atoms with E-state index in [1.54, 1.807) is 12.1 Å². The van der Waals surface area contributed by atoms with Gasteiger partial charge in [-0.3, -0.25) is 10.1 Å². The average molecular weight is 372 g/mol. The predicted molar refractivity (Wildman–Crippen MR) is 103 cm³/mol. The fourth-order valence-electron chi connectivity index (χ4n) is 2.52. The number of nitrogens with one attached hydrogen (secondary N) is 1. The van der Waals surface area contributed by atoms with Crippen LogP contribution in [0.15, 0.2) is 77.3 Å². The minimum atomic E-state index is -0.404. The standard InChI is InChI=1S/C21H16N4O3/c1-14-6-5-7-15(12-14)20-24-25-21(28-20)23-19(26)16-10-11-18(22-13-16)27-17-8-3-2-4-9-17/h2-13H,1H3,(H,23,25,26). The molecule has 0 saturated heterocycles. The molecule has 1 N–H and O–H groups in total. The summed E-state index contributed by atoms with van der Waals surface area (Å²) in [5.41, 5.74) is 2.21. The van der Waals surface area contributed by atoms with Crippen molar-refractivity contribution in [2.24, 2.45) is 0 Å². The average Bonchev–Trinajstić information content (AvgIpc) is 3.18. The van der Waals surface area contributed by atoms with Gasteiger partial charge < -0.3 is 9.15 Å². The maximum Gasteiger partial charge on any atom is 0.322 e. The molecule has 4 aromatic rings. The van der Waals surface area contributed by atoms with Crippen LogP contribution in [-0.4, -0.2) is 21.1 Å². The van der Waals surface area contributed by atoms with Gasteiger partial charge in [-0.15, -0.1) is 5.10 Å². The summed E-state index contributed by atoms with van der Waals surface area (Å²) in [6, 6.07) is 20.2. The first-order valence-corrected chi connectivity index (χ1v) is 8.58. The van der Waals surface area contributed by atoms with Gasteiger partial charge in [0.2, 0.25) is 11.8 Å². The van der Waals surface area contributed by atoms with Crippen molar-refractivity contribution in [1.29, 1.82) is 0 Å². The highest BCUT2D eigenvalue weighted by molar-refractivity contribution is 6.02. The Morgan fingerprint density at radius 1 is 1.00 bits per heavy atom. The molecule has 2 aromatic carbocycles. The van der Waals surface area contributed by atoms with E-state index in [1.165, 1.54) is 6.20 Å². The Morgan fingerprint density at radius 3 is 2.61 bits per heavy atom. The molecule has 0 bridgehead atoms. The topological polar surface area (TPSA) is 90.1 Å². The molecule has 4 rings (SSSR count). The minimum Gasteiger partial charge on any atom is -0.439 e. The number of aromatic nitrogens is 3. The van der Waals surface area contributed by atoms with Crippen molar-refractivity contribution in [3.63, 3.8) is 0 Å². The van der Waals surface area contributed by atoms with E-state index in [0.29, 0.717) is 23.1 Å². The van der Waals surface area contributed by atoms with E-state index in [2.05, 4.69) is 20.5 Å². The van der Waals surface area contributed by atoms with Crippen molar-refractivity contribution in [3.8, 4) is 23.1 Å². The molecule has 0 atom stereocenters. The zero-order valence-corrected chi connectivity index (χ0v) is 15.0. The molecule has 2 heterocycles. The van der Waals surface area contributed by atoms with Crippen LogP contribution in [0.3, 0.4) is 0 Å². The second-order valence-corrected chi connectivity index (χ2v) is 6.04. The Morgan fingerprint density at radius 2 is 1.86 bits per heavy atom. The van der Waals surface area contributed by atoms with Crippen molar-refractivity contribution >= 4 is 11.9 Å². The van der Waals surface area contributed by atoms with E-state index in [9.17, 15) is 4.79 Å². The van der Waals surface area contributed by atoms with Gasteiger partial charge in [-0.2, -0.15) is 0 Å². The van der Waals surface area contributed by atoms with Crippen molar-refractivity contribution in [2.75, 3.05) is 5.32 Å². The van der Waals surface area contributed by atoms with Crippen LogP contribution in [0.4, 0.5) is 6.01 Å². The highest BCUT2D eigenvalue weighted by atomic mass is 16.5. The Labute approximate surface area is 161 Å². The molecule has 1 amide bonds. The zero-order valence-electron chi connectivity index (χ0n) is 15.0. The van der Waals surface area contributed by atoms with Crippen LogP contribution in [0, 0.1) is 6.92 Å². The van der Waals surface area contributed by atoms with E-state index >= 15 is 0 Å². The Kier molecular flexibility index (Phi) is 4.79. The molecule has 0 radical (unpaired) electrons. The predicted octanol–water partition coefficient (Wildman–Crippen LogP) is 4.48. The number of nitrogens with zero attached hydrogens (tertiary/aromatic N) is 3. The summed E-state index contributed by atoms with van der Waals surface area (Å²) in [5.74, 6) is 0.992. The molecular weight excluding hydrogens is 356 g/mol. The summed E-state index contributed by atoms with van der Waals surface area (Å²) < 4.78 is 11.1. The van der Waals surface area contributed by atoms with Crippen molar-refractivity contribution in [2.45, 2.75) is 6.92 Å². The normalized spacial score (nSPS) is 10.5. The van der Waals surface area contributed by atoms with E-state index < -0.39 is 5.91 Å². The van der Waals surface area contributed by atoms with Crippen LogP contribution in [-0.2, 0) is 0 Å². The summed E-state index contributed by atoms with van der Waals surface area (Å²) in [7, 11) is 0. The van der Waals surface area contributed by atoms with Crippen LogP contribution >= 0.6 is 0 Å². The molecule has 0 fully saturated rings. The van der Waals surface area contributed by atoms with Crippen LogP contribution in [0.5, 0.6) is 11.6 Å². The second kappa shape index (κ2) is 7.71. The SMILES string of the molecule is Cc1cccc(-c2nnc(NC(=O)c3ccc(Oc4ccccc4)nc3)o2)c1. The van der Waals surface area contributed by atoms with E-state index in [1.807, 2.05) is 61.5 Å². The van der Waals surface area contributed by atoms with Gasteiger partial charge in [0.15, 0.2) is 0 Å². The maximum absolute atomic E-state index is 12.4. The molecule has 7 heteroatoms. The van der Waals surface area contributed by atoms with Gasteiger partial charge >= 0.3 is 6.01 Å². The fourth-order valence-corrected chi connectivity index (χ4v) is 2.52. The van der Waals surface area contributed by atoms with Crippen molar-refractivity contribution < 1.29 is 13.9 Å². The number of para-hydroxylation sites is 1. The molecule has 0 saturated carbocycles. The van der Waals surface area contributed by atoms with Crippen molar-refractivity contribution in [3.05, 3.63) is 84.1 Å². The molecule has 0 aliphatic rings. The minimum absolute atomic E-state index is 0.0196. The van der Waals surface area contributed by atoms with Crippen LogP contribution < -0.4 is 10.1 Å². The third-order valence-corrected chi connectivity index (χ3v) is 3.87. The van der Waals surface area contributed by atoms with Gasteiger partial charge in [-0.05, 0) is 37.3 Å². The number of aryl methyl sites for hydroxylation is 1. The third-order valence-electron chi connectivity index (χ3n) is 3.87. The van der Waals surface area contributed by atoms with E-state index in [-0.39, 0.29) is 6.01 Å². The van der Waals surface area contributed by atoms with Crippen molar-refractivity contribution in [1.82, 2.24) is 15.2 Å². The summed E-state index contributed by atoms with van der Waals surface area (Å²) in [6.07, 6.45) is 1.42. The lowest BCUT2D eigenvalue weighted by atomic mass is 10.1. The lowest BCUT2D eigenvalue weighted by Crippen LogP contribution is -2.12. The number of carbonyl (C=O) groups is 1. The number of hydrogen-bond donors (Lipinski definition) is 1. The molecule has 0 spiro atoms. The smallest absolute Gasteiger partial charge is 0.322 e. The highest BCUT2D eigenvalue weighted by Crippen LogP contribution is 2.22. The number of rotatable bonds is 5. The first kappa shape index (κ1) is 17.4. The number of ether oxygens (including phenoxy) is 1. The lowest BCUT2D eigenvalue weighted by Gasteiger charge is -2.05. The monoisotopic (exact) mass is 372 g/mol. The highest BCUT2D eigenvalue weighted by Gasteiger charge is 2.13. The van der Waals surface area contributed by atoms with E-state index in [4.69, 9.17) is 9.15 Å². The van der Waals surface area contributed by atoms with Gasteiger partial charge in [0.25, 0.3) is 5.91 Å². The fraction of sp³-hybridized carbons (Fsp3) is 0.0476. The van der Waals surface area contributed by atoms with Crippen LogP contribution in [0.1, 0.15) is 15.9 Å². The molecule has 7 nitrogen and oxygen atoms in total. The Balaban J connectivity index is 1.42.